The zero-order valence-corrected chi connectivity index (χ0v) is 13.0. The highest BCUT2D eigenvalue weighted by atomic mass is 35.5. The summed E-state index contributed by atoms with van der Waals surface area (Å²) in [5.74, 6) is -0.152. The lowest BCUT2D eigenvalue weighted by atomic mass is 10.0. The molecule has 1 aromatic carbocycles. The van der Waals surface area contributed by atoms with Gasteiger partial charge in [0.25, 0.3) is 0 Å². The highest BCUT2D eigenvalue weighted by molar-refractivity contribution is 6.31. The number of carbonyl (C=O) groups is 1. The summed E-state index contributed by atoms with van der Waals surface area (Å²) in [5.41, 5.74) is 6.62. The number of nitrogens with zero attached hydrogens (tertiary/aromatic N) is 1. The number of ether oxygens (including phenoxy) is 1. The Bertz CT molecular complexity index is 476. The van der Waals surface area contributed by atoms with E-state index in [-0.39, 0.29) is 11.9 Å². The maximum absolute atomic E-state index is 11.7. The molecule has 116 valence electrons. The number of hydrogen-bond donors (Lipinski definition) is 2. The summed E-state index contributed by atoms with van der Waals surface area (Å²) in [6.07, 6.45) is 0. The minimum Gasteiger partial charge on any atom is -0.379 e. The summed E-state index contributed by atoms with van der Waals surface area (Å²) in [6.45, 7) is 5.21. The summed E-state index contributed by atoms with van der Waals surface area (Å²) in [7, 11) is 0. The van der Waals surface area contributed by atoms with Crippen molar-refractivity contribution in [1.29, 1.82) is 0 Å². The Morgan fingerprint density at radius 2 is 2.10 bits per heavy atom. The van der Waals surface area contributed by atoms with Crippen LogP contribution in [0.2, 0.25) is 5.02 Å². The van der Waals surface area contributed by atoms with Crippen LogP contribution in [-0.2, 0) is 9.53 Å². The minimum atomic E-state index is -0.512. The Morgan fingerprint density at radius 1 is 1.43 bits per heavy atom. The van der Waals surface area contributed by atoms with Gasteiger partial charge in [0, 0.05) is 24.7 Å². The molecule has 0 spiro atoms. The lowest BCUT2D eigenvalue weighted by molar-refractivity contribution is -0.122. The van der Waals surface area contributed by atoms with E-state index in [1.807, 2.05) is 24.3 Å². The van der Waals surface area contributed by atoms with Gasteiger partial charge in [0.15, 0.2) is 0 Å². The predicted molar refractivity (Wildman–Crippen MR) is 83.2 cm³/mol. The summed E-state index contributed by atoms with van der Waals surface area (Å²) < 4.78 is 5.40. The van der Waals surface area contributed by atoms with Crippen LogP contribution < -0.4 is 11.1 Å². The molecule has 2 rings (SSSR count). The third-order valence-corrected chi connectivity index (χ3v) is 3.98. The van der Waals surface area contributed by atoms with Crippen molar-refractivity contribution < 1.29 is 9.53 Å². The van der Waals surface area contributed by atoms with Crippen molar-refractivity contribution in [2.75, 3.05) is 32.8 Å². The molecule has 5 nitrogen and oxygen atoms in total. The van der Waals surface area contributed by atoms with Crippen LogP contribution in [0, 0.1) is 0 Å². The van der Waals surface area contributed by atoms with E-state index in [1.54, 1.807) is 6.92 Å². The summed E-state index contributed by atoms with van der Waals surface area (Å²) >= 11 is 6.32. The van der Waals surface area contributed by atoms with Gasteiger partial charge in [-0.15, -0.1) is 0 Å². The molecular weight excluding hydrogens is 290 g/mol. The number of amides is 1. The Kier molecular flexibility index (Phi) is 5.99. The van der Waals surface area contributed by atoms with Crippen LogP contribution in [0.15, 0.2) is 24.3 Å². The number of halogens is 1. The molecule has 0 saturated carbocycles. The van der Waals surface area contributed by atoms with Crippen molar-refractivity contribution in [3.8, 4) is 0 Å². The smallest absolute Gasteiger partial charge is 0.236 e. The second-order valence-corrected chi connectivity index (χ2v) is 5.63. The van der Waals surface area contributed by atoms with E-state index in [0.29, 0.717) is 24.8 Å². The van der Waals surface area contributed by atoms with Crippen LogP contribution in [0.3, 0.4) is 0 Å². The van der Waals surface area contributed by atoms with Gasteiger partial charge in [-0.05, 0) is 18.6 Å². The number of morpholine rings is 1. The largest absolute Gasteiger partial charge is 0.379 e. The fourth-order valence-electron chi connectivity index (χ4n) is 2.43. The van der Waals surface area contributed by atoms with E-state index < -0.39 is 6.04 Å². The molecule has 1 fully saturated rings. The first-order chi connectivity index (χ1) is 10.1. The molecule has 1 saturated heterocycles. The Morgan fingerprint density at radius 3 is 2.71 bits per heavy atom. The van der Waals surface area contributed by atoms with Gasteiger partial charge in [0.2, 0.25) is 5.91 Å². The third-order valence-electron chi connectivity index (χ3n) is 3.63. The van der Waals surface area contributed by atoms with Crippen molar-refractivity contribution in [2.24, 2.45) is 5.73 Å². The number of nitrogens with one attached hydrogen (secondary N) is 1. The number of benzene rings is 1. The van der Waals surface area contributed by atoms with E-state index in [4.69, 9.17) is 22.1 Å². The number of nitrogens with two attached hydrogens (primary N) is 1. The molecule has 3 N–H and O–H groups in total. The third kappa shape index (κ3) is 4.41. The maximum Gasteiger partial charge on any atom is 0.236 e. The first kappa shape index (κ1) is 16.2. The molecular formula is C15H22ClN3O2. The van der Waals surface area contributed by atoms with Crippen LogP contribution in [0.1, 0.15) is 18.5 Å². The Labute approximate surface area is 130 Å². The zero-order valence-electron chi connectivity index (χ0n) is 12.2. The summed E-state index contributed by atoms with van der Waals surface area (Å²) in [6, 6.07) is 7.26. The lowest BCUT2D eigenvalue weighted by Crippen LogP contribution is -2.46. The second-order valence-electron chi connectivity index (χ2n) is 5.22. The van der Waals surface area contributed by atoms with Gasteiger partial charge in [-0.3, -0.25) is 9.69 Å². The van der Waals surface area contributed by atoms with Gasteiger partial charge >= 0.3 is 0 Å². The van der Waals surface area contributed by atoms with Crippen LogP contribution in [0.4, 0.5) is 0 Å². The first-order valence-electron chi connectivity index (χ1n) is 7.19. The van der Waals surface area contributed by atoms with Gasteiger partial charge in [0.1, 0.15) is 0 Å². The van der Waals surface area contributed by atoms with Gasteiger partial charge in [-0.25, -0.2) is 0 Å². The fraction of sp³-hybridized carbons (Fsp3) is 0.533. The van der Waals surface area contributed by atoms with Crippen LogP contribution in [0.5, 0.6) is 0 Å². The Hall–Kier alpha value is -1.14. The maximum atomic E-state index is 11.7. The van der Waals surface area contributed by atoms with Crippen LogP contribution in [0.25, 0.3) is 0 Å². The normalized spacial score (nSPS) is 19.0. The van der Waals surface area contributed by atoms with Crippen LogP contribution >= 0.6 is 11.6 Å². The molecule has 0 aliphatic carbocycles. The van der Waals surface area contributed by atoms with Gasteiger partial charge in [-0.2, -0.15) is 0 Å². The van der Waals surface area contributed by atoms with E-state index in [1.165, 1.54) is 0 Å². The van der Waals surface area contributed by atoms with E-state index >= 15 is 0 Å². The van der Waals surface area contributed by atoms with E-state index in [0.717, 1.165) is 18.7 Å². The molecule has 1 aliphatic heterocycles. The molecule has 6 heteroatoms. The first-order valence-corrected chi connectivity index (χ1v) is 7.57. The monoisotopic (exact) mass is 311 g/mol. The van der Waals surface area contributed by atoms with Crippen molar-refractivity contribution in [3.63, 3.8) is 0 Å². The molecule has 1 amide bonds. The predicted octanol–water partition coefficient (Wildman–Crippen LogP) is 1.18. The number of carbonyl (C=O) groups excluding carboxylic acids is 1. The van der Waals surface area contributed by atoms with Crippen LogP contribution in [-0.4, -0.2) is 49.7 Å². The highest BCUT2D eigenvalue weighted by Gasteiger charge is 2.25. The SMILES string of the molecule is CC(N)C(=O)NCC(c1ccccc1Cl)N1CCOCC1. The average molecular weight is 312 g/mol. The van der Waals surface area contributed by atoms with E-state index in [9.17, 15) is 4.79 Å². The van der Waals surface area contributed by atoms with Gasteiger partial charge < -0.3 is 15.8 Å². The Balaban J connectivity index is 2.14. The van der Waals surface area contributed by atoms with Crippen molar-refractivity contribution >= 4 is 17.5 Å². The number of rotatable bonds is 5. The molecule has 1 heterocycles. The zero-order chi connectivity index (χ0) is 15.2. The average Bonchev–Trinajstić information content (AvgIpc) is 2.50. The lowest BCUT2D eigenvalue weighted by Gasteiger charge is -2.35. The van der Waals surface area contributed by atoms with Crippen molar-refractivity contribution in [2.45, 2.75) is 19.0 Å². The van der Waals surface area contributed by atoms with E-state index in [2.05, 4.69) is 10.2 Å². The van der Waals surface area contributed by atoms with Gasteiger partial charge in [-0.1, -0.05) is 29.8 Å². The van der Waals surface area contributed by atoms with Crippen molar-refractivity contribution in [1.82, 2.24) is 10.2 Å². The highest BCUT2D eigenvalue weighted by Crippen LogP contribution is 2.27. The molecule has 21 heavy (non-hydrogen) atoms. The molecule has 2 atom stereocenters. The second kappa shape index (κ2) is 7.75. The number of hydrogen-bond acceptors (Lipinski definition) is 4. The molecule has 0 bridgehead atoms. The minimum absolute atomic E-state index is 0.0327. The summed E-state index contributed by atoms with van der Waals surface area (Å²) in [4.78, 5) is 14.0. The van der Waals surface area contributed by atoms with Gasteiger partial charge in [0.05, 0.1) is 25.3 Å². The molecule has 0 aromatic heterocycles. The molecule has 1 aromatic rings. The molecule has 1 aliphatic rings. The van der Waals surface area contributed by atoms with Crippen molar-refractivity contribution in [3.05, 3.63) is 34.9 Å². The topological polar surface area (TPSA) is 67.6 Å². The summed E-state index contributed by atoms with van der Waals surface area (Å²) in [5, 5.41) is 3.61. The molecule has 2 unspecified atom stereocenters. The quantitative estimate of drug-likeness (QED) is 0.857. The fourth-order valence-corrected chi connectivity index (χ4v) is 2.69. The molecule has 0 radical (unpaired) electrons. The standard InChI is InChI=1S/C15H22ClN3O2/c1-11(17)15(20)18-10-14(19-6-8-21-9-7-19)12-4-2-3-5-13(12)16/h2-5,11,14H,6-10,17H2,1H3,(H,18,20).